The van der Waals surface area contributed by atoms with Gasteiger partial charge in [0, 0.05) is 12.6 Å². The Morgan fingerprint density at radius 2 is 2.43 bits per heavy atom. The van der Waals surface area contributed by atoms with Crippen LogP contribution < -0.4 is 10.6 Å². The first-order valence-electron chi connectivity index (χ1n) is 4.51. The summed E-state index contributed by atoms with van der Waals surface area (Å²) in [4.78, 5) is 16.2. The summed E-state index contributed by atoms with van der Waals surface area (Å²) in [6.07, 6.45) is 1.61. The number of aryl methyl sites for hydroxylation is 1. The van der Waals surface area contributed by atoms with Crippen LogP contribution in [-0.2, 0) is 0 Å². The number of nitrogens with zero attached hydrogens (tertiary/aromatic N) is 1. The minimum Gasteiger partial charge on any atom is -0.350 e. The predicted molar refractivity (Wildman–Crippen MR) is 57.7 cm³/mol. The van der Waals surface area contributed by atoms with Crippen molar-refractivity contribution in [2.75, 3.05) is 13.6 Å². The van der Waals surface area contributed by atoms with E-state index in [1.807, 2.05) is 20.9 Å². The molecule has 1 rings (SSSR count). The summed E-state index contributed by atoms with van der Waals surface area (Å²) in [7, 11) is 1.87. The summed E-state index contributed by atoms with van der Waals surface area (Å²) in [5.74, 6) is -0.0438. The zero-order chi connectivity index (χ0) is 10.6. The normalized spacial score (nSPS) is 12.5. The Balaban J connectivity index is 2.43. The van der Waals surface area contributed by atoms with Gasteiger partial charge in [0.05, 0.1) is 11.2 Å². The molecule has 14 heavy (non-hydrogen) atoms. The molecule has 0 saturated heterocycles. The van der Waals surface area contributed by atoms with E-state index in [4.69, 9.17) is 0 Å². The highest BCUT2D eigenvalue weighted by Crippen LogP contribution is 2.10. The number of hydrogen-bond donors (Lipinski definition) is 2. The van der Waals surface area contributed by atoms with Crippen LogP contribution in [0.5, 0.6) is 0 Å². The fraction of sp³-hybridized carbons (Fsp3) is 0.556. The van der Waals surface area contributed by atoms with Gasteiger partial charge in [0.15, 0.2) is 0 Å². The van der Waals surface area contributed by atoms with Crippen molar-refractivity contribution in [3.63, 3.8) is 0 Å². The molecule has 2 N–H and O–H groups in total. The number of thiazole rings is 1. The molecule has 0 aliphatic carbocycles. The first kappa shape index (κ1) is 11.1. The van der Waals surface area contributed by atoms with Crippen molar-refractivity contribution in [3.05, 3.63) is 16.1 Å². The number of aromatic nitrogens is 1. The molecule has 1 amide bonds. The maximum absolute atomic E-state index is 11.5. The van der Waals surface area contributed by atoms with Crippen molar-refractivity contribution in [2.45, 2.75) is 19.9 Å². The van der Waals surface area contributed by atoms with Gasteiger partial charge in [-0.25, -0.2) is 4.98 Å². The summed E-state index contributed by atoms with van der Waals surface area (Å²) < 4.78 is 0. The lowest BCUT2D eigenvalue weighted by Crippen LogP contribution is -2.36. The zero-order valence-corrected chi connectivity index (χ0v) is 9.44. The average molecular weight is 213 g/mol. The Hall–Kier alpha value is -0.940. The van der Waals surface area contributed by atoms with Gasteiger partial charge < -0.3 is 10.6 Å². The highest BCUT2D eigenvalue weighted by Gasteiger charge is 2.09. The van der Waals surface area contributed by atoms with Crippen molar-refractivity contribution < 1.29 is 4.79 Å². The molecule has 1 atom stereocenters. The third-order valence-electron chi connectivity index (χ3n) is 1.91. The molecule has 0 aromatic carbocycles. The van der Waals surface area contributed by atoms with Crippen LogP contribution >= 0.6 is 11.3 Å². The second-order valence-corrected chi connectivity index (χ2v) is 4.38. The molecule has 5 heteroatoms. The van der Waals surface area contributed by atoms with Crippen molar-refractivity contribution >= 4 is 17.2 Å². The van der Waals surface area contributed by atoms with E-state index in [0.29, 0.717) is 11.4 Å². The van der Waals surface area contributed by atoms with Crippen molar-refractivity contribution in [3.8, 4) is 0 Å². The van der Waals surface area contributed by atoms with Crippen LogP contribution in [0.2, 0.25) is 0 Å². The number of rotatable bonds is 4. The number of carbonyl (C=O) groups is 1. The summed E-state index contributed by atoms with van der Waals surface area (Å²) in [6, 6.07) is 0.285. The van der Waals surface area contributed by atoms with E-state index in [2.05, 4.69) is 15.6 Å². The Labute approximate surface area is 87.7 Å². The molecule has 0 bridgehead atoms. The molecular weight excluding hydrogens is 198 g/mol. The summed E-state index contributed by atoms with van der Waals surface area (Å²) in [6.45, 7) is 4.53. The second kappa shape index (κ2) is 5.07. The first-order valence-corrected chi connectivity index (χ1v) is 5.33. The fourth-order valence-corrected chi connectivity index (χ4v) is 1.60. The predicted octanol–water partition coefficient (Wildman–Crippen LogP) is 0.789. The van der Waals surface area contributed by atoms with Gasteiger partial charge in [0.25, 0.3) is 5.91 Å². The number of nitrogens with one attached hydrogen (secondary N) is 2. The summed E-state index contributed by atoms with van der Waals surface area (Å²) >= 11 is 1.41. The third kappa shape index (κ3) is 3.08. The van der Waals surface area contributed by atoms with Crippen molar-refractivity contribution in [1.82, 2.24) is 15.6 Å². The Morgan fingerprint density at radius 3 is 2.93 bits per heavy atom. The standard InChI is InChI=1S/C9H15N3OS/c1-6(10-3)4-12-9(13)8-5-11-7(2)14-8/h5-6,10H,4H2,1-3H3,(H,12,13). The van der Waals surface area contributed by atoms with Crippen LogP contribution in [0.3, 0.4) is 0 Å². The summed E-state index contributed by atoms with van der Waals surface area (Å²) in [5.41, 5.74) is 0. The minimum atomic E-state index is -0.0438. The molecule has 0 fully saturated rings. The Kier molecular flexibility index (Phi) is 4.03. The molecule has 0 aliphatic heterocycles. The molecule has 0 radical (unpaired) electrons. The first-order chi connectivity index (χ1) is 6.63. The van der Waals surface area contributed by atoms with Crippen LogP contribution in [0, 0.1) is 6.92 Å². The van der Waals surface area contributed by atoms with E-state index in [0.717, 1.165) is 5.01 Å². The highest BCUT2D eigenvalue weighted by molar-refractivity contribution is 7.13. The summed E-state index contributed by atoms with van der Waals surface area (Å²) in [5, 5.41) is 6.80. The number of carbonyl (C=O) groups excluding carboxylic acids is 1. The van der Waals surface area contributed by atoms with Crippen LogP contribution in [0.25, 0.3) is 0 Å². The average Bonchev–Trinajstić information content (AvgIpc) is 2.60. The van der Waals surface area contributed by atoms with E-state index in [1.54, 1.807) is 6.20 Å². The van der Waals surface area contributed by atoms with E-state index in [9.17, 15) is 4.79 Å². The quantitative estimate of drug-likeness (QED) is 0.777. The van der Waals surface area contributed by atoms with E-state index in [-0.39, 0.29) is 11.9 Å². The topological polar surface area (TPSA) is 54.0 Å². The van der Waals surface area contributed by atoms with Crippen LogP contribution in [-0.4, -0.2) is 30.5 Å². The largest absolute Gasteiger partial charge is 0.350 e. The minimum absolute atomic E-state index is 0.0438. The molecule has 0 aliphatic rings. The van der Waals surface area contributed by atoms with Gasteiger partial charge in [0.2, 0.25) is 0 Å². The van der Waals surface area contributed by atoms with Crippen molar-refractivity contribution in [1.29, 1.82) is 0 Å². The molecule has 1 aromatic rings. The molecule has 1 unspecified atom stereocenters. The number of hydrogen-bond acceptors (Lipinski definition) is 4. The maximum Gasteiger partial charge on any atom is 0.263 e. The third-order valence-corrected chi connectivity index (χ3v) is 2.82. The Bertz CT molecular complexity index is 311. The maximum atomic E-state index is 11.5. The van der Waals surface area contributed by atoms with E-state index < -0.39 is 0 Å². The van der Waals surface area contributed by atoms with Gasteiger partial charge in [-0.15, -0.1) is 11.3 Å². The zero-order valence-electron chi connectivity index (χ0n) is 8.63. The monoisotopic (exact) mass is 213 g/mol. The van der Waals surface area contributed by atoms with Gasteiger partial charge in [0.1, 0.15) is 4.88 Å². The second-order valence-electron chi connectivity index (χ2n) is 3.14. The lowest BCUT2D eigenvalue weighted by molar-refractivity contribution is 0.0954. The molecule has 0 saturated carbocycles. The van der Waals surface area contributed by atoms with Gasteiger partial charge in [-0.05, 0) is 20.9 Å². The highest BCUT2D eigenvalue weighted by atomic mass is 32.1. The SMILES string of the molecule is CNC(C)CNC(=O)c1cnc(C)s1. The van der Waals surface area contributed by atoms with Gasteiger partial charge in [-0.3, -0.25) is 4.79 Å². The lowest BCUT2D eigenvalue weighted by atomic mass is 10.3. The Morgan fingerprint density at radius 1 is 1.71 bits per heavy atom. The van der Waals surface area contributed by atoms with Gasteiger partial charge >= 0.3 is 0 Å². The molecule has 78 valence electrons. The lowest BCUT2D eigenvalue weighted by Gasteiger charge is -2.10. The smallest absolute Gasteiger partial charge is 0.263 e. The molecule has 4 nitrogen and oxygen atoms in total. The molecule has 1 aromatic heterocycles. The molecule has 0 spiro atoms. The number of amides is 1. The molecular formula is C9H15N3OS. The van der Waals surface area contributed by atoms with E-state index >= 15 is 0 Å². The number of likely N-dealkylation sites (N-methyl/N-ethyl adjacent to an activating group) is 1. The van der Waals surface area contributed by atoms with Crippen LogP contribution in [0.4, 0.5) is 0 Å². The van der Waals surface area contributed by atoms with E-state index in [1.165, 1.54) is 11.3 Å². The van der Waals surface area contributed by atoms with Crippen LogP contribution in [0.15, 0.2) is 6.20 Å². The fourth-order valence-electron chi connectivity index (χ4n) is 0.901. The van der Waals surface area contributed by atoms with Gasteiger partial charge in [-0.2, -0.15) is 0 Å². The molecule has 1 heterocycles. The van der Waals surface area contributed by atoms with Gasteiger partial charge in [-0.1, -0.05) is 0 Å². The van der Waals surface area contributed by atoms with Crippen LogP contribution in [0.1, 0.15) is 21.6 Å². The van der Waals surface area contributed by atoms with Crippen molar-refractivity contribution in [2.24, 2.45) is 0 Å².